The van der Waals surface area contributed by atoms with Gasteiger partial charge in [0.05, 0.1) is 27.7 Å². The maximum absolute atomic E-state index is 12.8. The largest absolute Gasteiger partial charge is 0.472 e. The lowest BCUT2D eigenvalue weighted by atomic mass is 10.0. The smallest absolute Gasteiger partial charge is 0.462 e. The SMILES string of the molecule is CC/C=C\C/C=C\C/C=C\C/C=C\CCCCCCCCCCCCCCCCC(=O)OC(COC(=O)CCCCCCCCCCC/C=C\CCCCCCCCCC)COP(=O)(O)OCC[N+](C)(C)C. The van der Waals surface area contributed by atoms with Crippen molar-refractivity contribution in [2.45, 2.75) is 277 Å². The molecule has 72 heavy (non-hydrogen) atoms. The second-order valence-corrected chi connectivity index (χ2v) is 22.8. The van der Waals surface area contributed by atoms with Crippen LogP contribution in [-0.4, -0.2) is 74.9 Å². The molecule has 0 amide bonds. The van der Waals surface area contributed by atoms with Gasteiger partial charge in [0, 0.05) is 12.8 Å². The number of quaternary nitrogens is 1. The van der Waals surface area contributed by atoms with Crippen molar-refractivity contribution in [1.82, 2.24) is 0 Å². The van der Waals surface area contributed by atoms with Gasteiger partial charge in [0.25, 0.3) is 0 Å². The molecule has 0 aliphatic rings. The molecule has 0 aromatic rings. The van der Waals surface area contributed by atoms with Gasteiger partial charge < -0.3 is 18.9 Å². The molecule has 0 aromatic carbocycles. The number of rotatable bonds is 55. The maximum Gasteiger partial charge on any atom is 0.472 e. The van der Waals surface area contributed by atoms with Gasteiger partial charge in [-0.05, 0) is 77.0 Å². The minimum Gasteiger partial charge on any atom is -0.462 e. The number of carbonyl (C=O) groups is 2. The number of hydrogen-bond acceptors (Lipinski definition) is 7. The number of allylic oxidation sites excluding steroid dienone is 10. The van der Waals surface area contributed by atoms with Crippen LogP contribution in [0.2, 0.25) is 0 Å². The lowest BCUT2D eigenvalue weighted by molar-refractivity contribution is -0.870. The molecule has 0 aromatic heterocycles. The zero-order valence-corrected chi connectivity index (χ0v) is 48.6. The third-order valence-corrected chi connectivity index (χ3v) is 14.0. The molecule has 0 heterocycles. The van der Waals surface area contributed by atoms with E-state index in [-0.39, 0.29) is 32.0 Å². The highest BCUT2D eigenvalue weighted by Gasteiger charge is 2.27. The minimum atomic E-state index is -4.39. The van der Waals surface area contributed by atoms with E-state index in [9.17, 15) is 19.0 Å². The van der Waals surface area contributed by atoms with Gasteiger partial charge in [-0.25, -0.2) is 4.57 Å². The molecule has 2 atom stereocenters. The Hall–Kier alpha value is -2.29. The van der Waals surface area contributed by atoms with Crippen molar-refractivity contribution in [3.05, 3.63) is 60.8 Å². The average Bonchev–Trinajstić information content (AvgIpc) is 3.34. The van der Waals surface area contributed by atoms with Gasteiger partial charge in [-0.1, -0.05) is 242 Å². The first-order chi connectivity index (χ1) is 35.0. The second-order valence-electron chi connectivity index (χ2n) is 21.4. The first kappa shape index (κ1) is 69.7. The summed E-state index contributed by atoms with van der Waals surface area (Å²) >= 11 is 0. The van der Waals surface area contributed by atoms with Crippen LogP contribution in [0.5, 0.6) is 0 Å². The van der Waals surface area contributed by atoms with Crippen LogP contribution in [0.25, 0.3) is 0 Å². The third kappa shape index (κ3) is 57.0. The van der Waals surface area contributed by atoms with Crippen molar-refractivity contribution in [3.63, 3.8) is 0 Å². The molecule has 10 heteroatoms. The summed E-state index contributed by atoms with van der Waals surface area (Å²) in [5.41, 5.74) is 0. The van der Waals surface area contributed by atoms with E-state index in [4.69, 9.17) is 18.5 Å². The summed E-state index contributed by atoms with van der Waals surface area (Å²) in [7, 11) is 1.48. The summed E-state index contributed by atoms with van der Waals surface area (Å²) in [6, 6.07) is 0. The van der Waals surface area contributed by atoms with Gasteiger partial charge >= 0.3 is 19.8 Å². The number of phosphoric acid groups is 1. The molecule has 0 radical (unpaired) electrons. The van der Waals surface area contributed by atoms with Crippen LogP contribution in [0.4, 0.5) is 0 Å². The van der Waals surface area contributed by atoms with Crippen LogP contribution in [0.15, 0.2) is 60.8 Å². The third-order valence-electron chi connectivity index (χ3n) is 13.0. The number of phosphoric ester groups is 1. The standard InChI is InChI=1S/C62H114NO8P/c1-6-8-10-12-14-16-18-20-22-24-26-28-29-30-31-32-33-35-37-39-41-43-45-47-49-51-53-55-62(65)71-60(59-70-72(66,67)69-57-56-63(3,4)5)58-68-61(64)54-52-50-48-46-44-42-40-38-36-34-27-25-23-21-19-17-15-13-11-9-7-2/h8,10,14,16,20,22,25-28,60H,6-7,9,11-13,15,17-19,21,23-24,29-59H2,1-5H3/p+1/b10-8-,16-14-,22-20-,27-25-,28-26-. The Balaban J connectivity index is 4.13. The fourth-order valence-electron chi connectivity index (χ4n) is 8.41. The van der Waals surface area contributed by atoms with E-state index in [1.165, 1.54) is 180 Å². The van der Waals surface area contributed by atoms with Crippen LogP contribution in [0.1, 0.15) is 271 Å². The van der Waals surface area contributed by atoms with E-state index in [1.54, 1.807) is 0 Å². The van der Waals surface area contributed by atoms with Gasteiger partial charge in [0.15, 0.2) is 6.10 Å². The number of nitrogens with zero attached hydrogens (tertiary/aromatic N) is 1. The van der Waals surface area contributed by atoms with E-state index in [0.29, 0.717) is 17.4 Å². The summed E-state index contributed by atoms with van der Waals surface area (Å²) in [5.74, 6) is -0.792. The minimum absolute atomic E-state index is 0.0308. The molecule has 0 fully saturated rings. The normalized spacial score (nSPS) is 13.7. The summed E-state index contributed by atoms with van der Waals surface area (Å²) in [6.07, 6.45) is 68.6. The van der Waals surface area contributed by atoms with E-state index in [0.717, 1.165) is 57.8 Å². The molecule has 2 unspecified atom stereocenters. The van der Waals surface area contributed by atoms with Crippen molar-refractivity contribution >= 4 is 19.8 Å². The summed E-state index contributed by atoms with van der Waals surface area (Å²) in [5, 5.41) is 0. The number of ether oxygens (including phenoxy) is 2. The zero-order chi connectivity index (χ0) is 52.7. The number of hydrogen-bond donors (Lipinski definition) is 1. The molecule has 0 aliphatic carbocycles. The van der Waals surface area contributed by atoms with Crippen LogP contribution in [-0.2, 0) is 32.7 Å². The van der Waals surface area contributed by atoms with Crippen LogP contribution >= 0.6 is 7.82 Å². The maximum atomic E-state index is 12.8. The predicted octanol–water partition coefficient (Wildman–Crippen LogP) is 18.7. The number of esters is 2. The molecule has 9 nitrogen and oxygen atoms in total. The summed E-state index contributed by atoms with van der Waals surface area (Å²) in [4.78, 5) is 35.7. The lowest BCUT2D eigenvalue weighted by Gasteiger charge is -2.24. The Bertz CT molecular complexity index is 1400. The zero-order valence-electron chi connectivity index (χ0n) is 47.7. The molecule has 0 aliphatic heterocycles. The Kier molecular flexibility index (Phi) is 51.8. The summed E-state index contributed by atoms with van der Waals surface area (Å²) < 4.78 is 34.6. The molecular formula is C62H115NO8P+. The van der Waals surface area contributed by atoms with Crippen molar-refractivity contribution in [3.8, 4) is 0 Å². The van der Waals surface area contributed by atoms with E-state index >= 15 is 0 Å². The first-order valence-electron chi connectivity index (χ1n) is 30.0. The molecule has 0 saturated carbocycles. The predicted molar refractivity (Wildman–Crippen MR) is 307 cm³/mol. The van der Waals surface area contributed by atoms with Gasteiger partial charge in [-0.3, -0.25) is 18.6 Å². The Morgan fingerprint density at radius 2 is 0.792 bits per heavy atom. The highest BCUT2D eigenvalue weighted by molar-refractivity contribution is 7.47. The van der Waals surface area contributed by atoms with Crippen molar-refractivity contribution in [2.75, 3.05) is 47.5 Å². The summed E-state index contributed by atoms with van der Waals surface area (Å²) in [6.45, 7) is 4.35. The number of unbranched alkanes of at least 4 members (excludes halogenated alkanes) is 31. The van der Waals surface area contributed by atoms with Gasteiger partial charge in [0.1, 0.15) is 19.8 Å². The molecular weight excluding hydrogens is 918 g/mol. The molecule has 0 saturated heterocycles. The van der Waals surface area contributed by atoms with Crippen LogP contribution < -0.4 is 0 Å². The quantitative estimate of drug-likeness (QED) is 0.0211. The van der Waals surface area contributed by atoms with Crippen LogP contribution in [0.3, 0.4) is 0 Å². The first-order valence-corrected chi connectivity index (χ1v) is 31.5. The monoisotopic (exact) mass is 1030 g/mol. The fourth-order valence-corrected chi connectivity index (χ4v) is 9.16. The van der Waals surface area contributed by atoms with Gasteiger partial charge in [0.2, 0.25) is 0 Å². The topological polar surface area (TPSA) is 108 Å². The lowest BCUT2D eigenvalue weighted by Crippen LogP contribution is -2.37. The molecule has 420 valence electrons. The van der Waals surface area contributed by atoms with Crippen molar-refractivity contribution in [1.29, 1.82) is 0 Å². The second kappa shape index (κ2) is 53.5. The highest BCUT2D eigenvalue weighted by atomic mass is 31.2. The Morgan fingerprint density at radius 3 is 1.19 bits per heavy atom. The van der Waals surface area contributed by atoms with Crippen molar-refractivity contribution < 1.29 is 42.1 Å². The van der Waals surface area contributed by atoms with E-state index in [2.05, 4.69) is 74.6 Å². The van der Waals surface area contributed by atoms with Crippen molar-refractivity contribution in [2.24, 2.45) is 0 Å². The van der Waals surface area contributed by atoms with E-state index in [1.807, 2.05) is 21.1 Å². The number of carbonyl (C=O) groups excluding carboxylic acids is 2. The van der Waals surface area contributed by atoms with Gasteiger partial charge in [-0.15, -0.1) is 0 Å². The van der Waals surface area contributed by atoms with E-state index < -0.39 is 26.5 Å². The fraction of sp³-hybridized carbons (Fsp3) is 0.806. The molecule has 0 spiro atoms. The molecule has 0 bridgehead atoms. The molecule has 1 N–H and O–H groups in total. The average molecular weight is 1030 g/mol. The number of likely N-dealkylation sites (N-methyl/N-ethyl adjacent to an activating group) is 1. The van der Waals surface area contributed by atoms with Crippen LogP contribution in [0, 0.1) is 0 Å². The molecule has 0 rings (SSSR count). The Labute approximate surface area is 445 Å². The highest BCUT2D eigenvalue weighted by Crippen LogP contribution is 2.43. The van der Waals surface area contributed by atoms with Gasteiger partial charge in [-0.2, -0.15) is 0 Å². The Morgan fingerprint density at radius 1 is 0.444 bits per heavy atom.